The van der Waals surface area contributed by atoms with Crippen molar-refractivity contribution in [1.29, 1.82) is 0 Å². The number of hydrogen-bond acceptors (Lipinski definition) is 4. The molecule has 0 aliphatic heterocycles. The van der Waals surface area contributed by atoms with Crippen molar-refractivity contribution < 1.29 is 18.4 Å². The molecule has 0 bridgehead atoms. The van der Waals surface area contributed by atoms with E-state index in [1.165, 1.54) is 0 Å². The summed E-state index contributed by atoms with van der Waals surface area (Å²) in [6.07, 6.45) is 1.97. The molecule has 0 fully saturated rings. The molecule has 8 heteroatoms. The van der Waals surface area contributed by atoms with E-state index in [4.69, 9.17) is 31.0 Å². The molecule has 0 aromatic rings. The molecule has 0 saturated carbocycles. The highest BCUT2D eigenvalue weighted by Crippen LogP contribution is 2.11. The summed E-state index contributed by atoms with van der Waals surface area (Å²) in [7, 11) is -4.87. The third-order valence-electron chi connectivity index (χ3n) is 1.04. The fourth-order valence-corrected chi connectivity index (χ4v) is 2.23. The molecule has 0 aliphatic carbocycles. The Balaban J connectivity index is 4.20. The van der Waals surface area contributed by atoms with Crippen LogP contribution in [0.5, 0.6) is 0 Å². The van der Waals surface area contributed by atoms with Crippen LogP contribution in [0, 0.1) is 0 Å². The number of carbonyl (C=O) groups is 2. The smallest absolute Gasteiger partial charge is 0.345 e. The van der Waals surface area contributed by atoms with Crippen LogP contribution < -0.4 is 0 Å². The lowest BCUT2D eigenvalue weighted by atomic mass is 10.5. The maximum absolute atomic E-state index is 11.1. The minimum atomic E-state index is -2.44. The van der Waals surface area contributed by atoms with Crippen molar-refractivity contribution in [2.75, 3.05) is 0 Å². The molecule has 0 amide bonds. The highest BCUT2D eigenvalue weighted by Gasteiger charge is 2.24. The first kappa shape index (κ1) is 15.7. The highest BCUT2D eigenvalue weighted by atomic mass is 35.6. The van der Waals surface area contributed by atoms with Gasteiger partial charge >= 0.3 is 27.2 Å². The van der Waals surface area contributed by atoms with Crippen LogP contribution >= 0.6 is 22.2 Å². The van der Waals surface area contributed by atoms with E-state index in [-0.39, 0.29) is 0 Å². The minimum Gasteiger partial charge on any atom is -0.502 e. The number of rotatable bonds is 4. The molecule has 0 heterocycles. The van der Waals surface area contributed by atoms with Gasteiger partial charge in [-0.1, -0.05) is 0 Å². The molecule has 0 rings (SSSR count). The second-order valence-corrected chi connectivity index (χ2v) is 15.2. The van der Waals surface area contributed by atoms with E-state index in [1.807, 2.05) is 0 Å². The van der Waals surface area contributed by atoms with Gasteiger partial charge in [-0.15, -0.1) is 22.2 Å². The van der Waals surface area contributed by atoms with E-state index in [0.717, 1.165) is 12.2 Å². The second-order valence-electron chi connectivity index (χ2n) is 3.90. The summed E-state index contributed by atoms with van der Waals surface area (Å²) in [6.45, 7) is 6.58. The molecule has 0 radical (unpaired) electrons. The Morgan fingerprint density at radius 3 is 1.31 bits per heavy atom. The lowest BCUT2D eigenvalue weighted by Crippen LogP contribution is -2.27. The van der Waals surface area contributed by atoms with Crippen molar-refractivity contribution in [2.45, 2.75) is 26.2 Å². The first-order chi connectivity index (χ1) is 6.99. The summed E-state index contributed by atoms with van der Waals surface area (Å²) in [5.74, 6) is -1.31. The van der Waals surface area contributed by atoms with E-state index in [0.29, 0.717) is 0 Å². The van der Waals surface area contributed by atoms with Gasteiger partial charge in [0.1, 0.15) is 0 Å². The third-order valence-corrected chi connectivity index (χ3v) is 2.88. The van der Waals surface area contributed by atoms with Crippen molar-refractivity contribution in [1.82, 2.24) is 0 Å². The van der Waals surface area contributed by atoms with Crippen LogP contribution in [0.4, 0.5) is 0 Å². The van der Waals surface area contributed by atoms with Gasteiger partial charge < -0.3 is 8.85 Å². The maximum Gasteiger partial charge on any atom is 0.345 e. The molecule has 4 nitrogen and oxygen atoms in total. The monoisotopic (exact) mass is 300 g/mol. The topological polar surface area (TPSA) is 52.6 Å². The minimum absolute atomic E-state index is 0.655. The van der Waals surface area contributed by atoms with Crippen LogP contribution in [0.3, 0.4) is 0 Å². The average molecular weight is 301 g/mol. The first-order valence-corrected chi connectivity index (χ1v) is 12.4. The van der Waals surface area contributed by atoms with E-state index < -0.39 is 27.2 Å². The summed E-state index contributed by atoms with van der Waals surface area (Å²) in [5.41, 5.74) is 0. The molecule has 0 aliphatic rings. The normalized spacial score (nSPS) is 12.6. The van der Waals surface area contributed by atoms with Gasteiger partial charge in [0.05, 0.1) is 0 Å². The van der Waals surface area contributed by atoms with Crippen molar-refractivity contribution in [2.24, 2.45) is 0 Å². The van der Waals surface area contributed by atoms with Gasteiger partial charge in [-0.05, 0) is 26.2 Å². The van der Waals surface area contributed by atoms with Crippen LogP contribution in [0.2, 0.25) is 26.2 Å². The average Bonchev–Trinajstić information content (AvgIpc) is 1.94. The Kier molecular flexibility index (Phi) is 5.74. The van der Waals surface area contributed by atoms with Crippen LogP contribution in [-0.2, 0) is 18.4 Å². The Morgan fingerprint density at radius 1 is 0.875 bits per heavy atom. The van der Waals surface area contributed by atoms with E-state index >= 15 is 0 Å². The summed E-state index contributed by atoms with van der Waals surface area (Å²) >= 11 is 11.6. The lowest BCUT2D eigenvalue weighted by Gasteiger charge is -2.13. The molecular weight excluding hydrogens is 287 g/mol. The third kappa shape index (κ3) is 10.2. The predicted octanol–water partition coefficient (Wildman–Crippen LogP) is 2.51. The van der Waals surface area contributed by atoms with Gasteiger partial charge in [-0.2, -0.15) is 0 Å². The summed E-state index contributed by atoms with van der Waals surface area (Å²) < 4.78 is 9.73. The zero-order valence-electron chi connectivity index (χ0n) is 9.54. The fraction of sp³-hybridized carbons (Fsp3) is 0.500. The Bertz CT molecular complexity index is 274. The van der Waals surface area contributed by atoms with Crippen LogP contribution in [0.25, 0.3) is 0 Å². The van der Waals surface area contributed by atoms with E-state index in [2.05, 4.69) is 0 Å². The fourth-order valence-electron chi connectivity index (χ4n) is 0.683. The summed E-state index contributed by atoms with van der Waals surface area (Å²) in [4.78, 5) is 22.3. The zero-order chi connectivity index (χ0) is 13.0. The second kappa shape index (κ2) is 5.85. The van der Waals surface area contributed by atoms with Crippen molar-refractivity contribution in [3.8, 4) is 0 Å². The molecule has 0 spiro atoms. The molecule has 0 aromatic heterocycles. The van der Waals surface area contributed by atoms with Crippen molar-refractivity contribution in [3.05, 3.63) is 12.2 Å². The molecule has 0 N–H and O–H groups in total. The van der Waals surface area contributed by atoms with Gasteiger partial charge in [0.2, 0.25) is 0 Å². The molecular formula is C8H14Cl2O4Si2. The number of halogens is 2. The molecule has 0 atom stereocenters. The van der Waals surface area contributed by atoms with Crippen molar-refractivity contribution >= 4 is 49.4 Å². The van der Waals surface area contributed by atoms with E-state index in [9.17, 15) is 9.59 Å². The number of carbonyl (C=O) groups excluding carboxylic acids is 2. The van der Waals surface area contributed by atoms with Crippen LogP contribution in [0.1, 0.15) is 0 Å². The quantitative estimate of drug-likeness (QED) is 0.455. The summed E-state index contributed by atoms with van der Waals surface area (Å²) in [5, 5.41) is 0. The summed E-state index contributed by atoms with van der Waals surface area (Å²) in [6, 6.07) is 0. The molecule has 0 saturated heterocycles. The molecule has 92 valence electrons. The largest absolute Gasteiger partial charge is 0.502 e. The van der Waals surface area contributed by atoms with Gasteiger partial charge in [0.25, 0.3) is 0 Å². The standard InChI is InChI=1S/C8H14Cl2O4Si2/c1-15(2,9)13-7(11)5-6-8(12)14-16(3,4)10/h5-6H,1-4H3. The van der Waals surface area contributed by atoms with E-state index in [1.54, 1.807) is 26.2 Å². The maximum atomic E-state index is 11.1. The zero-order valence-corrected chi connectivity index (χ0v) is 13.1. The molecule has 0 aromatic carbocycles. The molecule has 0 unspecified atom stereocenters. The van der Waals surface area contributed by atoms with Gasteiger partial charge in [0, 0.05) is 12.2 Å². The Labute approximate surface area is 106 Å². The molecule has 16 heavy (non-hydrogen) atoms. The van der Waals surface area contributed by atoms with Crippen LogP contribution in [-0.4, -0.2) is 27.2 Å². The van der Waals surface area contributed by atoms with Gasteiger partial charge in [0.15, 0.2) is 0 Å². The van der Waals surface area contributed by atoms with Crippen LogP contribution in [0.15, 0.2) is 12.2 Å². The van der Waals surface area contributed by atoms with Crippen molar-refractivity contribution in [3.63, 3.8) is 0 Å². The Hall–Kier alpha value is -0.306. The predicted molar refractivity (Wildman–Crippen MR) is 68.0 cm³/mol. The Morgan fingerprint density at radius 2 is 1.12 bits per heavy atom. The number of hydrogen-bond donors (Lipinski definition) is 0. The highest BCUT2D eigenvalue weighted by molar-refractivity contribution is 7.16. The van der Waals surface area contributed by atoms with Gasteiger partial charge in [-0.3, -0.25) is 0 Å². The van der Waals surface area contributed by atoms with Gasteiger partial charge in [-0.25, -0.2) is 9.59 Å². The lowest BCUT2D eigenvalue weighted by molar-refractivity contribution is -0.132. The SMILES string of the molecule is C[Si](C)(Cl)OC(=O)C=CC(=O)O[Si](C)(C)Cl. The first-order valence-electron chi connectivity index (χ1n) is 4.51.